The summed E-state index contributed by atoms with van der Waals surface area (Å²) in [6.07, 6.45) is 0. The molecule has 2 aromatic rings. The van der Waals surface area contributed by atoms with Gasteiger partial charge in [-0.2, -0.15) is 0 Å². The molecule has 1 heterocycles. The van der Waals surface area contributed by atoms with Crippen molar-refractivity contribution in [2.45, 2.75) is 13.8 Å². The van der Waals surface area contributed by atoms with Gasteiger partial charge in [-0.1, -0.05) is 34.5 Å². The minimum atomic E-state index is -0.461. The molecule has 6 nitrogen and oxygen atoms in total. The normalized spacial score (nSPS) is 10.3. The number of carbonyl (C=O) groups is 2. The Morgan fingerprint density at radius 3 is 2.75 bits per heavy atom. The van der Waals surface area contributed by atoms with Crippen LogP contribution in [-0.2, 0) is 9.53 Å². The largest absolute Gasteiger partial charge is 0.482 e. The SMILES string of the molecule is CCOC(=O)c1sc(NC(=O)COc2ccc(Cl)cc2Cl)nc1C. The van der Waals surface area contributed by atoms with Gasteiger partial charge < -0.3 is 9.47 Å². The van der Waals surface area contributed by atoms with Crippen molar-refractivity contribution in [3.8, 4) is 5.75 Å². The molecule has 0 aliphatic carbocycles. The molecule has 0 saturated carbocycles. The van der Waals surface area contributed by atoms with Gasteiger partial charge >= 0.3 is 5.97 Å². The lowest BCUT2D eigenvalue weighted by molar-refractivity contribution is -0.118. The number of nitrogens with zero attached hydrogens (tertiary/aromatic N) is 1. The predicted octanol–water partition coefficient (Wildman–Crippen LogP) is 3.95. The lowest BCUT2D eigenvalue weighted by atomic mass is 10.3. The summed E-state index contributed by atoms with van der Waals surface area (Å²) in [6.45, 7) is 3.40. The van der Waals surface area contributed by atoms with Crippen LogP contribution >= 0.6 is 34.5 Å². The molecule has 0 fully saturated rings. The number of ether oxygens (including phenoxy) is 2. The summed E-state index contributed by atoms with van der Waals surface area (Å²) in [4.78, 5) is 28.1. The molecule has 1 N–H and O–H groups in total. The number of aryl methyl sites for hydroxylation is 1. The van der Waals surface area contributed by atoms with Crippen molar-refractivity contribution in [1.29, 1.82) is 0 Å². The summed E-state index contributed by atoms with van der Waals surface area (Å²) >= 11 is 12.8. The summed E-state index contributed by atoms with van der Waals surface area (Å²) in [5.74, 6) is -0.541. The van der Waals surface area contributed by atoms with Gasteiger partial charge in [-0.3, -0.25) is 10.1 Å². The maximum absolute atomic E-state index is 11.9. The van der Waals surface area contributed by atoms with Crippen molar-refractivity contribution in [3.63, 3.8) is 0 Å². The molecule has 0 saturated heterocycles. The molecule has 1 aromatic carbocycles. The number of hydrogen-bond donors (Lipinski definition) is 1. The fraction of sp³-hybridized carbons (Fsp3) is 0.267. The Morgan fingerprint density at radius 1 is 1.33 bits per heavy atom. The van der Waals surface area contributed by atoms with Crippen LogP contribution in [0.3, 0.4) is 0 Å². The average Bonchev–Trinajstić information content (AvgIpc) is 2.87. The summed E-state index contributed by atoms with van der Waals surface area (Å²) in [7, 11) is 0. The van der Waals surface area contributed by atoms with Crippen molar-refractivity contribution in [2.75, 3.05) is 18.5 Å². The Morgan fingerprint density at radius 2 is 2.08 bits per heavy atom. The Labute approximate surface area is 152 Å². The third kappa shape index (κ3) is 4.83. The van der Waals surface area contributed by atoms with Gasteiger partial charge in [-0.25, -0.2) is 9.78 Å². The Hall–Kier alpha value is -1.83. The van der Waals surface area contributed by atoms with Gasteiger partial charge in [0.1, 0.15) is 10.6 Å². The molecular formula is C15H14Cl2N2O4S. The van der Waals surface area contributed by atoms with Crippen LogP contribution in [0.1, 0.15) is 22.3 Å². The molecule has 1 aromatic heterocycles. The third-order valence-corrected chi connectivity index (χ3v) is 4.34. The molecule has 0 spiro atoms. The van der Waals surface area contributed by atoms with Gasteiger partial charge in [0.05, 0.1) is 17.3 Å². The van der Waals surface area contributed by atoms with E-state index in [0.717, 1.165) is 11.3 Å². The topological polar surface area (TPSA) is 77.5 Å². The van der Waals surface area contributed by atoms with Gasteiger partial charge in [0.15, 0.2) is 11.7 Å². The highest BCUT2D eigenvalue weighted by Gasteiger charge is 2.17. The maximum atomic E-state index is 11.9. The molecule has 0 unspecified atom stereocenters. The van der Waals surface area contributed by atoms with Crippen LogP contribution in [0.25, 0.3) is 0 Å². The van der Waals surface area contributed by atoms with E-state index in [9.17, 15) is 9.59 Å². The second-order valence-electron chi connectivity index (χ2n) is 4.57. The first-order valence-corrected chi connectivity index (χ1v) is 8.50. The summed E-state index contributed by atoms with van der Waals surface area (Å²) in [6, 6.07) is 4.70. The van der Waals surface area contributed by atoms with Gasteiger partial charge in [0, 0.05) is 5.02 Å². The first-order chi connectivity index (χ1) is 11.4. The van der Waals surface area contributed by atoms with Gasteiger partial charge in [-0.15, -0.1) is 0 Å². The van der Waals surface area contributed by atoms with E-state index >= 15 is 0 Å². The number of anilines is 1. The van der Waals surface area contributed by atoms with E-state index in [4.69, 9.17) is 32.7 Å². The maximum Gasteiger partial charge on any atom is 0.350 e. The zero-order valence-corrected chi connectivity index (χ0v) is 15.2. The quantitative estimate of drug-likeness (QED) is 0.757. The van der Waals surface area contributed by atoms with Crippen LogP contribution in [-0.4, -0.2) is 30.1 Å². The zero-order chi connectivity index (χ0) is 17.7. The van der Waals surface area contributed by atoms with Crippen LogP contribution in [0.5, 0.6) is 5.75 Å². The van der Waals surface area contributed by atoms with Crippen LogP contribution < -0.4 is 10.1 Å². The van der Waals surface area contributed by atoms with Crippen molar-refractivity contribution in [1.82, 2.24) is 4.98 Å². The number of hydrogen-bond acceptors (Lipinski definition) is 6. The number of rotatable bonds is 6. The monoisotopic (exact) mass is 388 g/mol. The van der Waals surface area contributed by atoms with Crippen molar-refractivity contribution >= 4 is 51.5 Å². The number of halogens is 2. The predicted molar refractivity (Wildman–Crippen MR) is 93.4 cm³/mol. The average molecular weight is 389 g/mol. The molecular weight excluding hydrogens is 375 g/mol. The summed E-state index contributed by atoms with van der Waals surface area (Å²) in [5.41, 5.74) is 0.496. The number of esters is 1. The molecule has 24 heavy (non-hydrogen) atoms. The van der Waals surface area contributed by atoms with E-state index < -0.39 is 11.9 Å². The number of carbonyl (C=O) groups excluding carboxylic acids is 2. The second-order valence-corrected chi connectivity index (χ2v) is 6.41. The smallest absolute Gasteiger partial charge is 0.350 e. The number of thiazole rings is 1. The molecule has 0 bridgehead atoms. The molecule has 9 heteroatoms. The summed E-state index contributed by atoms with van der Waals surface area (Å²) < 4.78 is 10.3. The van der Waals surface area contributed by atoms with E-state index in [1.807, 2.05) is 0 Å². The van der Waals surface area contributed by atoms with Crippen LogP contribution in [0, 0.1) is 6.92 Å². The van der Waals surface area contributed by atoms with Crippen LogP contribution in [0.2, 0.25) is 10.0 Å². The Bertz CT molecular complexity index is 764. The highest BCUT2D eigenvalue weighted by molar-refractivity contribution is 7.17. The molecule has 0 aliphatic rings. The lowest BCUT2D eigenvalue weighted by Crippen LogP contribution is -2.20. The lowest BCUT2D eigenvalue weighted by Gasteiger charge is -2.07. The molecule has 0 aliphatic heterocycles. The molecule has 2 rings (SSSR count). The standard InChI is InChI=1S/C15H14Cl2N2O4S/c1-3-22-14(21)13-8(2)18-15(24-13)19-12(20)7-23-11-5-4-9(16)6-10(11)17/h4-6H,3,7H2,1-2H3,(H,18,19,20). The highest BCUT2D eigenvalue weighted by Crippen LogP contribution is 2.27. The second kappa shape index (κ2) is 8.32. The first kappa shape index (κ1) is 18.5. The van der Waals surface area contributed by atoms with E-state index in [0.29, 0.717) is 31.5 Å². The van der Waals surface area contributed by atoms with Gasteiger partial charge in [-0.05, 0) is 32.0 Å². The number of aromatic nitrogens is 1. The minimum Gasteiger partial charge on any atom is -0.482 e. The number of amides is 1. The molecule has 0 radical (unpaired) electrons. The van der Waals surface area contributed by atoms with Crippen molar-refractivity contribution < 1.29 is 19.1 Å². The zero-order valence-electron chi connectivity index (χ0n) is 12.9. The Kier molecular flexibility index (Phi) is 6.42. The van der Waals surface area contributed by atoms with E-state index in [-0.39, 0.29) is 13.2 Å². The number of benzene rings is 1. The third-order valence-electron chi connectivity index (χ3n) is 2.76. The molecule has 128 valence electrons. The first-order valence-electron chi connectivity index (χ1n) is 6.93. The molecule has 0 atom stereocenters. The van der Waals surface area contributed by atoms with Gasteiger partial charge in [0.2, 0.25) is 0 Å². The Balaban J connectivity index is 1.95. The van der Waals surface area contributed by atoms with Crippen molar-refractivity contribution in [2.24, 2.45) is 0 Å². The van der Waals surface area contributed by atoms with Crippen molar-refractivity contribution in [3.05, 3.63) is 38.8 Å². The van der Waals surface area contributed by atoms with Crippen LogP contribution in [0.15, 0.2) is 18.2 Å². The van der Waals surface area contributed by atoms with E-state index in [2.05, 4.69) is 10.3 Å². The van der Waals surface area contributed by atoms with E-state index in [1.165, 1.54) is 6.07 Å². The fourth-order valence-electron chi connectivity index (χ4n) is 1.73. The summed E-state index contributed by atoms with van der Waals surface area (Å²) in [5, 5.41) is 3.65. The van der Waals surface area contributed by atoms with Gasteiger partial charge in [0.25, 0.3) is 5.91 Å². The van der Waals surface area contributed by atoms with Crippen LogP contribution in [0.4, 0.5) is 5.13 Å². The molecule has 1 amide bonds. The highest BCUT2D eigenvalue weighted by atomic mass is 35.5. The number of nitrogens with one attached hydrogen (secondary N) is 1. The van der Waals surface area contributed by atoms with E-state index in [1.54, 1.807) is 26.0 Å². The minimum absolute atomic E-state index is 0.255. The fourth-order valence-corrected chi connectivity index (χ4v) is 3.07.